The predicted molar refractivity (Wildman–Crippen MR) is 87.5 cm³/mol. The van der Waals surface area contributed by atoms with Crippen LogP contribution in [-0.4, -0.2) is 42.0 Å². The molecule has 5 heteroatoms. The van der Waals surface area contributed by atoms with E-state index in [9.17, 15) is 4.79 Å². The lowest BCUT2D eigenvalue weighted by molar-refractivity contribution is 0.0947. The van der Waals surface area contributed by atoms with Crippen molar-refractivity contribution in [1.82, 2.24) is 15.2 Å². The molecule has 0 saturated carbocycles. The molecule has 118 valence electrons. The van der Waals surface area contributed by atoms with Crippen molar-refractivity contribution in [3.05, 3.63) is 23.4 Å². The van der Waals surface area contributed by atoms with E-state index in [1.807, 2.05) is 19.9 Å². The maximum atomic E-state index is 12.2. The summed E-state index contributed by atoms with van der Waals surface area (Å²) in [6.07, 6.45) is 1.10. The normalized spacial score (nSPS) is 12.7. The predicted octanol–water partition coefficient (Wildman–Crippen LogP) is 2.25. The van der Waals surface area contributed by atoms with E-state index in [2.05, 4.69) is 36.1 Å². The number of amides is 1. The Morgan fingerprint density at radius 1 is 1.38 bits per heavy atom. The van der Waals surface area contributed by atoms with E-state index in [1.54, 1.807) is 6.07 Å². The number of nitrogen functional groups attached to an aromatic ring is 1. The van der Waals surface area contributed by atoms with E-state index in [0.717, 1.165) is 18.7 Å². The molecule has 21 heavy (non-hydrogen) atoms. The second-order valence-corrected chi connectivity index (χ2v) is 5.85. The summed E-state index contributed by atoms with van der Waals surface area (Å²) in [5, 5.41) is 2.94. The maximum absolute atomic E-state index is 12.2. The quantitative estimate of drug-likeness (QED) is 0.808. The summed E-state index contributed by atoms with van der Waals surface area (Å²) in [5.41, 5.74) is 7.20. The Kier molecular flexibility index (Phi) is 6.62. The van der Waals surface area contributed by atoms with Gasteiger partial charge < -0.3 is 16.0 Å². The Labute approximate surface area is 127 Å². The molecule has 0 saturated heterocycles. The minimum Gasteiger partial charge on any atom is -0.384 e. The molecule has 5 nitrogen and oxygen atoms in total. The Bertz CT molecular complexity index is 473. The van der Waals surface area contributed by atoms with Gasteiger partial charge in [-0.3, -0.25) is 4.79 Å². The van der Waals surface area contributed by atoms with Crippen molar-refractivity contribution in [2.24, 2.45) is 0 Å². The van der Waals surface area contributed by atoms with Gasteiger partial charge in [0.05, 0.1) is 0 Å². The van der Waals surface area contributed by atoms with E-state index in [-0.39, 0.29) is 11.8 Å². The van der Waals surface area contributed by atoms with Gasteiger partial charge >= 0.3 is 0 Å². The van der Waals surface area contributed by atoms with Gasteiger partial charge in [0, 0.05) is 30.4 Å². The number of aromatic nitrogens is 1. The van der Waals surface area contributed by atoms with Crippen molar-refractivity contribution in [2.75, 3.05) is 25.9 Å². The number of pyridine rings is 1. The number of carbonyl (C=O) groups excluding carboxylic acids is 1. The molecule has 3 N–H and O–H groups in total. The summed E-state index contributed by atoms with van der Waals surface area (Å²) in [5.74, 6) is 0.545. The summed E-state index contributed by atoms with van der Waals surface area (Å²) in [4.78, 5) is 18.7. The van der Waals surface area contributed by atoms with Gasteiger partial charge in [0.1, 0.15) is 5.82 Å². The van der Waals surface area contributed by atoms with Gasteiger partial charge in [-0.1, -0.05) is 20.8 Å². The van der Waals surface area contributed by atoms with Crippen molar-refractivity contribution in [3.63, 3.8) is 0 Å². The largest absolute Gasteiger partial charge is 0.384 e. The topological polar surface area (TPSA) is 71.2 Å². The second kappa shape index (κ2) is 7.98. The molecule has 0 radical (unpaired) electrons. The molecule has 1 heterocycles. The van der Waals surface area contributed by atoms with Crippen molar-refractivity contribution in [3.8, 4) is 0 Å². The molecular weight excluding hydrogens is 264 g/mol. The minimum atomic E-state index is -0.0939. The minimum absolute atomic E-state index is 0.0939. The molecule has 0 fully saturated rings. The molecule has 0 aromatic carbocycles. The highest BCUT2D eigenvalue weighted by Crippen LogP contribution is 2.15. The van der Waals surface area contributed by atoms with Gasteiger partial charge in [-0.25, -0.2) is 4.98 Å². The number of nitrogens with two attached hydrogens (primary N) is 1. The second-order valence-electron chi connectivity index (χ2n) is 5.85. The van der Waals surface area contributed by atoms with Crippen LogP contribution in [0.15, 0.2) is 12.1 Å². The number of nitrogens with one attached hydrogen (secondary N) is 1. The lowest BCUT2D eigenvalue weighted by atomic mass is 10.1. The first-order valence-electron chi connectivity index (χ1n) is 7.61. The molecule has 0 bridgehead atoms. The number of carbonyl (C=O) groups is 1. The van der Waals surface area contributed by atoms with Crippen LogP contribution in [-0.2, 0) is 0 Å². The molecule has 1 aromatic rings. The third-order valence-electron chi connectivity index (χ3n) is 3.81. The van der Waals surface area contributed by atoms with Gasteiger partial charge in [-0.05, 0) is 38.4 Å². The lowest BCUT2D eigenvalue weighted by Gasteiger charge is -2.23. The van der Waals surface area contributed by atoms with Crippen molar-refractivity contribution >= 4 is 11.7 Å². The third kappa shape index (κ3) is 5.34. The summed E-state index contributed by atoms with van der Waals surface area (Å²) in [7, 11) is 2.07. The monoisotopic (exact) mass is 292 g/mol. The molecule has 0 aliphatic heterocycles. The van der Waals surface area contributed by atoms with E-state index < -0.39 is 0 Å². The van der Waals surface area contributed by atoms with Crippen LogP contribution in [0.3, 0.4) is 0 Å². The number of hydrogen-bond donors (Lipinski definition) is 2. The molecule has 0 aliphatic carbocycles. The van der Waals surface area contributed by atoms with Gasteiger partial charge in [0.25, 0.3) is 5.91 Å². The Morgan fingerprint density at radius 2 is 2.05 bits per heavy atom. The Hall–Kier alpha value is -1.62. The van der Waals surface area contributed by atoms with Gasteiger partial charge in [0.2, 0.25) is 0 Å². The van der Waals surface area contributed by atoms with Crippen LogP contribution in [0, 0.1) is 0 Å². The smallest absolute Gasteiger partial charge is 0.251 e. The number of anilines is 1. The van der Waals surface area contributed by atoms with Crippen molar-refractivity contribution < 1.29 is 4.79 Å². The van der Waals surface area contributed by atoms with Crippen LogP contribution in [0.1, 0.15) is 56.1 Å². The van der Waals surface area contributed by atoms with E-state index in [4.69, 9.17) is 5.73 Å². The molecular formula is C16H28N4O. The van der Waals surface area contributed by atoms with E-state index >= 15 is 0 Å². The van der Waals surface area contributed by atoms with Gasteiger partial charge in [-0.15, -0.1) is 0 Å². The maximum Gasteiger partial charge on any atom is 0.251 e. The molecule has 0 aliphatic rings. The van der Waals surface area contributed by atoms with E-state index in [1.165, 1.54) is 0 Å². The van der Waals surface area contributed by atoms with Crippen LogP contribution in [0.25, 0.3) is 0 Å². The Balaban J connectivity index is 2.60. The highest BCUT2D eigenvalue weighted by Gasteiger charge is 2.11. The highest BCUT2D eigenvalue weighted by molar-refractivity contribution is 5.94. The first-order valence-corrected chi connectivity index (χ1v) is 7.61. The van der Waals surface area contributed by atoms with Crippen LogP contribution < -0.4 is 11.1 Å². The number of rotatable bonds is 7. The lowest BCUT2D eigenvalue weighted by Crippen LogP contribution is -2.37. The van der Waals surface area contributed by atoms with Crippen LogP contribution in [0.4, 0.5) is 5.82 Å². The van der Waals surface area contributed by atoms with Crippen LogP contribution in [0.5, 0.6) is 0 Å². The molecule has 1 aromatic heterocycles. The average molecular weight is 292 g/mol. The zero-order valence-electron chi connectivity index (χ0n) is 13.8. The van der Waals surface area contributed by atoms with E-state index in [0.29, 0.717) is 24.0 Å². The molecule has 1 atom stereocenters. The summed E-state index contributed by atoms with van der Waals surface area (Å²) < 4.78 is 0. The zero-order valence-corrected chi connectivity index (χ0v) is 13.8. The van der Waals surface area contributed by atoms with Gasteiger partial charge in [0.15, 0.2) is 0 Å². The fraction of sp³-hybridized carbons (Fsp3) is 0.625. The zero-order chi connectivity index (χ0) is 16.0. The number of likely N-dealkylation sites (N-methyl/N-ethyl adjacent to an activating group) is 1. The molecule has 0 spiro atoms. The highest BCUT2D eigenvalue weighted by atomic mass is 16.1. The number of nitrogens with zero attached hydrogens (tertiary/aromatic N) is 2. The first kappa shape index (κ1) is 17.4. The first-order chi connectivity index (χ1) is 9.85. The number of hydrogen-bond acceptors (Lipinski definition) is 4. The third-order valence-corrected chi connectivity index (χ3v) is 3.81. The summed E-state index contributed by atoms with van der Waals surface area (Å²) in [6.45, 7) is 9.86. The molecule has 1 rings (SSSR count). The van der Waals surface area contributed by atoms with Crippen LogP contribution in [0.2, 0.25) is 0 Å². The Morgan fingerprint density at radius 3 is 2.62 bits per heavy atom. The van der Waals surface area contributed by atoms with Crippen LogP contribution >= 0.6 is 0 Å². The molecule has 1 amide bonds. The van der Waals surface area contributed by atoms with Crippen molar-refractivity contribution in [1.29, 1.82) is 0 Å². The van der Waals surface area contributed by atoms with Gasteiger partial charge in [-0.2, -0.15) is 0 Å². The SMILES string of the molecule is CCC(C)N(C)CCNC(=O)c1cc(N)nc(C(C)C)c1. The fourth-order valence-electron chi connectivity index (χ4n) is 1.98. The summed E-state index contributed by atoms with van der Waals surface area (Å²) >= 11 is 0. The average Bonchev–Trinajstić information content (AvgIpc) is 2.45. The summed E-state index contributed by atoms with van der Waals surface area (Å²) in [6, 6.07) is 3.96. The fourth-order valence-corrected chi connectivity index (χ4v) is 1.98. The van der Waals surface area contributed by atoms with Crippen molar-refractivity contribution in [2.45, 2.75) is 46.1 Å². The molecule has 1 unspecified atom stereocenters. The standard InChI is InChI=1S/C16H28N4O/c1-6-12(4)20(5)8-7-18-16(21)13-9-14(11(2)3)19-15(17)10-13/h9-12H,6-8H2,1-5H3,(H2,17,19)(H,18,21).